The first kappa shape index (κ1) is 9.58. The first-order valence-electron chi connectivity index (χ1n) is 4.26. The van der Waals surface area contributed by atoms with Crippen LogP contribution in [0, 0.1) is 0 Å². The van der Waals surface area contributed by atoms with E-state index in [1.54, 1.807) is 0 Å². The summed E-state index contributed by atoms with van der Waals surface area (Å²) in [7, 11) is 0. The van der Waals surface area contributed by atoms with E-state index >= 15 is 0 Å². The van der Waals surface area contributed by atoms with Gasteiger partial charge in [-0.15, -0.1) is 0 Å². The van der Waals surface area contributed by atoms with Crippen molar-refractivity contribution in [3.05, 3.63) is 30.3 Å². The number of benzene rings is 1. The van der Waals surface area contributed by atoms with Gasteiger partial charge in [-0.05, 0) is 19.1 Å². The van der Waals surface area contributed by atoms with Crippen molar-refractivity contribution in [1.82, 2.24) is 0 Å². The minimum absolute atomic E-state index is 0.0561. The standard InChI is InChI=1S/C10H13NO2/c1-2-11(8-10(12)13)9-6-4-3-5-7-9/h3-7H,2,8H2,1H3,(H,12,13). The Bertz CT molecular complexity index is 272. The van der Waals surface area contributed by atoms with Gasteiger partial charge in [-0.25, -0.2) is 0 Å². The molecular weight excluding hydrogens is 166 g/mol. The van der Waals surface area contributed by atoms with Gasteiger partial charge in [0.15, 0.2) is 0 Å². The first-order valence-corrected chi connectivity index (χ1v) is 4.26. The van der Waals surface area contributed by atoms with Gasteiger partial charge in [-0.3, -0.25) is 4.79 Å². The molecule has 0 saturated heterocycles. The van der Waals surface area contributed by atoms with Gasteiger partial charge in [0.25, 0.3) is 0 Å². The monoisotopic (exact) mass is 179 g/mol. The summed E-state index contributed by atoms with van der Waals surface area (Å²) < 4.78 is 0. The number of anilines is 1. The van der Waals surface area contributed by atoms with Crippen molar-refractivity contribution in [2.45, 2.75) is 6.92 Å². The van der Waals surface area contributed by atoms with Crippen LogP contribution in [-0.4, -0.2) is 24.2 Å². The average Bonchev–Trinajstić information content (AvgIpc) is 2.15. The fourth-order valence-electron chi connectivity index (χ4n) is 1.19. The maximum absolute atomic E-state index is 10.5. The lowest BCUT2D eigenvalue weighted by molar-refractivity contribution is -0.135. The molecule has 0 aliphatic rings. The molecule has 0 radical (unpaired) electrons. The van der Waals surface area contributed by atoms with Crippen LogP contribution in [-0.2, 0) is 4.79 Å². The highest BCUT2D eigenvalue weighted by molar-refractivity contribution is 5.73. The summed E-state index contributed by atoms with van der Waals surface area (Å²) in [5, 5.41) is 8.63. The minimum Gasteiger partial charge on any atom is -0.480 e. The van der Waals surface area contributed by atoms with Crippen LogP contribution in [0.5, 0.6) is 0 Å². The van der Waals surface area contributed by atoms with Crippen LogP contribution in [0.4, 0.5) is 5.69 Å². The van der Waals surface area contributed by atoms with E-state index in [9.17, 15) is 4.79 Å². The molecule has 0 atom stereocenters. The van der Waals surface area contributed by atoms with Gasteiger partial charge in [0, 0.05) is 12.2 Å². The van der Waals surface area contributed by atoms with E-state index in [0.29, 0.717) is 6.54 Å². The molecule has 0 unspecified atom stereocenters. The van der Waals surface area contributed by atoms with E-state index in [-0.39, 0.29) is 6.54 Å². The molecule has 0 spiro atoms. The molecule has 0 amide bonds. The Morgan fingerprint density at radius 3 is 2.46 bits per heavy atom. The molecule has 13 heavy (non-hydrogen) atoms. The highest BCUT2D eigenvalue weighted by Crippen LogP contribution is 2.11. The summed E-state index contributed by atoms with van der Waals surface area (Å²) in [6.07, 6.45) is 0. The molecule has 3 nitrogen and oxygen atoms in total. The van der Waals surface area contributed by atoms with E-state index in [0.717, 1.165) is 5.69 Å². The quantitative estimate of drug-likeness (QED) is 0.763. The van der Waals surface area contributed by atoms with Crippen LogP contribution in [0.15, 0.2) is 30.3 Å². The minimum atomic E-state index is -0.800. The highest BCUT2D eigenvalue weighted by atomic mass is 16.4. The van der Waals surface area contributed by atoms with Crippen LogP contribution in [0.25, 0.3) is 0 Å². The Hall–Kier alpha value is -1.51. The number of aliphatic carboxylic acids is 1. The smallest absolute Gasteiger partial charge is 0.323 e. The van der Waals surface area contributed by atoms with Gasteiger partial charge < -0.3 is 10.0 Å². The first-order chi connectivity index (χ1) is 6.24. The Morgan fingerprint density at radius 2 is 2.00 bits per heavy atom. The number of likely N-dealkylation sites (N-methyl/N-ethyl adjacent to an activating group) is 1. The molecule has 0 fully saturated rings. The second-order valence-electron chi connectivity index (χ2n) is 2.74. The molecule has 1 rings (SSSR count). The predicted molar refractivity (Wildman–Crippen MR) is 52.0 cm³/mol. The lowest BCUT2D eigenvalue weighted by Crippen LogP contribution is -2.29. The summed E-state index contributed by atoms with van der Waals surface area (Å²) in [6, 6.07) is 9.54. The molecule has 0 aliphatic carbocycles. The van der Waals surface area contributed by atoms with Crippen LogP contribution >= 0.6 is 0 Å². The van der Waals surface area contributed by atoms with E-state index in [2.05, 4.69) is 0 Å². The number of nitrogens with zero attached hydrogens (tertiary/aromatic N) is 1. The highest BCUT2D eigenvalue weighted by Gasteiger charge is 2.06. The van der Waals surface area contributed by atoms with E-state index in [1.165, 1.54) is 0 Å². The molecular formula is C10H13NO2. The summed E-state index contributed by atoms with van der Waals surface area (Å²) in [4.78, 5) is 12.3. The number of rotatable bonds is 4. The molecule has 0 aromatic heterocycles. The summed E-state index contributed by atoms with van der Waals surface area (Å²) in [6.45, 7) is 2.70. The molecule has 0 aliphatic heterocycles. The zero-order valence-corrected chi connectivity index (χ0v) is 7.60. The van der Waals surface area contributed by atoms with E-state index < -0.39 is 5.97 Å². The second kappa shape index (κ2) is 4.50. The van der Waals surface area contributed by atoms with Crippen molar-refractivity contribution in [3.63, 3.8) is 0 Å². The Labute approximate surface area is 77.6 Å². The lowest BCUT2D eigenvalue weighted by Gasteiger charge is -2.20. The molecule has 0 heterocycles. The fourth-order valence-corrected chi connectivity index (χ4v) is 1.19. The van der Waals surface area contributed by atoms with Crippen molar-refractivity contribution in [1.29, 1.82) is 0 Å². The van der Waals surface area contributed by atoms with Crippen LogP contribution in [0.1, 0.15) is 6.92 Å². The third-order valence-electron chi connectivity index (χ3n) is 1.83. The second-order valence-corrected chi connectivity index (χ2v) is 2.74. The Kier molecular flexibility index (Phi) is 3.31. The van der Waals surface area contributed by atoms with Crippen LogP contribution in [0.2, 0.25) is 0 Å². The van der Waals surface area contributed by atoms with E-state index in [4.69, 9.17) is 5.11 Å². The third-order valence-corrected chi connectivity index (χ3v) is 1.83. The molecule has 1 aromatic rings. The van der Waals surface area contributed by atoms with Crippen LogP contribution in [0.3, 0.4) is 0 Å². The number of carboxylic acid groups (broad SMARTS) is 1. The SMILES string of the molecule is CCN(CC(=O)O)c1ccccc1. The van der Waals surface area contributed by atoms with Crippen molar-refractivity contribution in [2.75, 3.05) is 18.0 Å². The molecule has 3 heteroatoms. The lowest BCUT2D eigenvalue weighted by atomic mass is 10.3. The van der Waals surface area contributed by atoms with Crippen LogP contribution < -0.4 is 4.90 Å². The normalized spacial score (nSPS) is 9.62. The zero-order chi connectivity index (χ0) is 9.68. The maximum Gasteiger partial charge on any atom is 0.323 e. The van der Waals surface area contributed by atoms with Gasteiger partial charge in [-0.2, -0.15) is 0 Å². The predicted octanol–water partition coefficient (Wildman–Crippen LogP) is 1.60. The van der Waals surface area contributed by atoms with E-state index in [1.807, 2.05) is 42.2 Å². The van der Waals surface area contributed by atoms with Gasteiger partial charge >= 0.3 is 5.97 Å². The number of carbonyl (C=O) groups is 1. The number of para-hydroxylation sites is 1. The topological polar surface area (TPSA) is 40.5 Å². The van der Waals surface area contributed by atoms with Crippen molar-refractivity contribution in [3.8, 4) is 0 Å². The van der Waals surface area contributed by atoms with Crippen molar-refractivity contribution in [2.24, 2.45) is 0 Å². The fraction of sp³-hybridized carbons (Fsp3) is 0.300. The zero-order valence-electron chi connectivity index (χ0n) is 7.60. The molecule has 70 valence electrons. The number of hydrogen-bond acceptors (Lipinski definition) is 2. The van der Waals surface area contributed by atoms with Crippen molar-refractivity contribution >= 4 is 11.7 Å². The Morgan fingerprint density at radius 1 is 1.38 bits per heavy atom. The average molecular weight is 179 g/mol. The van der Waals surface area contributed by atoms with Crippen molar-refractivity contribution < 1.29 is 9.90 Å². The van der Waals surface area contributed by atoms with Gasteiger partial charge in [-0.1, -0.05) is 18.2 Å². The van der Waals surface area contributed by atoms with Gasteiger partial charge in [0.05, 0.1) is 0 Å². The van der Waals surface area contributed by atoms with Gasteiger partial charge in [0.2, 0.25) is 0 Å². The Balaban J connectivity index is 2.73. The number of hydrogen-bond donors (Lipinski definition) is 1. The number of carboxylic acids is 1. The molecule has 1 aromatic carbocycles. The maximum atomic E-state index is 10.5. The summed E-state index contributed by atoms with van der Waals surface area (Å²) in [5.41, 5.74) is 0.951. The summed E-state index contributed by atoms with van der Waals surface area (Å²) >= 11 is 0. The largest absolute Gasteiger partial charge is 0.480 e. The molecule has 1 N–H and O–H groups in total. The van der Waals surface area contributed by atoms with Gasteiger partial charge in [0.1, 0.15) is 6.54 Å². The summed E-state index contributed by atoms with van der Waals surface area (Å²) in [5.74, 6) is -0.800. The molecule has 0 bridgehead atoms. The molecule has 0 saturated carbocycles. The third kappa shape index (κ3) is 2.78.